The summed E-state index contributed by atoms with van der Waals surface area (Å²) < 4.78 is 47.3. The number of fused-ring (bicyclic) bond motifs is 1. The van der Waals surface area contributed by atoms with Crippen molar-refractivity contribution < 1.29 is 22.7 Å². The molecule has 4 heterocycles. The van der Waals surface area contributed by atoms with Gasteiger partial charge in [0, 0.05) is 41.8 Å². The van der Waals surface area contributed by atoms with Crippen LogP contribution in [0.25, 0.3) is 28.9 Å². The van der Waals surface area contributed by atoms with Crippen LogP contribution in [0.2, 0.25) is 0 Å². The number of halogens is 3. The van der Waals surface area contributed by atoms with Crippen LogP contribution < -0.4 is 15.4 Å². The predicted octanol–water partition coefficient (Wildman–Crippen LogP) is 3.96. The van der Waals surface area contributed by atoms with Gasteiger partial charge in [-0.1, -0.05) is 30.3 Å². The van der Waals surface area contributed by atoms with Crippen LogP contribution in [-0.4, -0.2) is 42.5 Å². The average Bonchev–Trinajstić information content (AvgIpc) is 3.90. The molecule has 0 saturated heterocycles. The van der Waals surface area contributed by atoms with Crippen LogP contribution in [0.4, 0.5) is 13.2 Å². The average molecular weight is 560 g/mol. The zero-order valence-electron chi connectivity index (χ0n) is 22.0. The van der Waals surface area contributed by atoms with Crippen molar-refractivity contribution in [2.75, 3.05) is 7.11 Å². The molecule has 2 aliphatic carbocycles. The minimum atomic E-state index is -4.51. The Hall–Kier alpha value is -4.48. The molecule has 2 saturated carbocycles. The van der Waals surface area contributed by atoms with Crippen molar-refractivity contribution >= 4 is 12.0 Å². The largest absolute Gasteiger partial charge is 0.480 e. The maximum atomic E-state index is 13.4. The third kappa shape index (κ3) is 4.87. The van der Waals surface area contributed by atoms with Crippen LogP contribution in [0.5, 0.6) is 5.88 Å². The van der Waals surface area contributed by atoms with Crippen molar-refractivity contribution in [3.63, 3.8) is 0 Å². The normalized spacial score (nSPS) is 16.6. The number of ether oxygens (including phenoxy) is 1. The van der Waals surface area contributed by atoms with Crippen molar-refractivity contribution in [3.05, 3.63) is 70.1 Å². The maximum absolute atomic E-state index is 13.4. The number of amides is 1. The fourth-order valence-electron chi connectivity index (χ4n) is 5.15. The molecule has 12 heteroatoms. The van der Waals surface area contributed by atoms with Crippen molar-refractivity contribution in [1.82, 2.24) is 29.5 Å². The lowest BCUT2D eigenvalue weighted by molar-refractivity contribution is -0.140. The van der Waals surface area contributed by atoms with E-state index in [1.54, 1.807) is 22.8 Å². The number of hydrogen-bond acceptors (Lipinski definition) is 7. The van der Waals surface area contributed by atoms with E-state index in [4.69, 9.17) is 9.72 Å². The molecule has 208 valence electrons. The second-order valence-corrected chi connectivity index (χ2v) is 10.5. The SMILES string of the molecule is COc1ncnc(C2CC2)c1-c1nc(Cc2ccc(-c3nc(C(F)(F)F)cn3C3CC3)cc2)c2c(n1)=NC(=O)CC=2. The minimum absolute atomic E-state index is 0.0423. The van der Waals surface area contributed by atoms with E-state index in [0.717, 1.165) is 43.1 Å². The molecule has 0 unspecified atom stereocenters. The number of nitrogens with zero attached hydrogens (tertiary/aromatic N) is 7. The molecule has 0 atom stereocenters. The van der Waals surface area contributed by atoms with E-state index in [1.807, 2.05) is 12.1 Å². The fraction of sp³-hybridized carbons (Fsp3) is 0.345. The molecule has 0 bridgehead atoms. The van der Waals surface area contributed by atoms with Crippen LogP contribution in [0, 0.1) is 0 Å². The first-order valence-corrected chi connectivity index (χ1v) is 13.4. The first-order chi connectivity index (χ1) is 19.8. The number of rotatable bonds is 7. The third-order valence-corrected chi connectivity index (χ3v) is 7.49. The van der Waals surface area contributed by atoms with Gasteiger partial charge < -0.3 is 9.30 Å². The molecule has 0 spiro atoms. The highest BCUT2D eigenvalue weighted by molar-refractivity contribution is 5.83. The number of hydrogen-bond donors (Lipinski definition) is 0. The van der Waals surface area contributed by atoms with Crippen molar-refractivity contribution in [1.29, 1.82) is 0 Å². The van der Waals surface area contributed by atoms with Gasteiger partial charge in [0.05, 0.1) is 18.5 Å². The Morgan fingerprint density at radius 2 is 1.80 bits per heavy atom. The Morgan fingerprint density at radius 1 is 1.02 bits per heavy atom. The lowest BCUT2D eigenvalue weighted by atomic mass is 10.0. The summed E-state index contributed by atoms with van der Waals surface area (Å²) >= 11 is 0. The van der Waals surface area contributed by atoms with E-state index >= 15 is 0 Å². The van der Waals surface area contributed by atoms with Gasteiger partial charge in [-0.25, -0.2) is 24.9 Å². The highest BCUT2D eigenvalue weighted by Crippen LogP contribution is 2.45. The highest BCUT2D eigenvalue weighted by atomic mass is 19.4. The molecular formula is C29H24F3N7O2. The summed E-state index contributed by atoms with van der Waals surface area (Å²) in [4.78, 5) is 38.6. The smallest absolute Gasteiger partial charge is 0.434 e. The zero-order chi connectivity index (χ0) is 28.3. The Bertz CT molecular complexity index is 1810. The van der Waals surface area contributed by atoms with E-state index in [9.17, 15) is 18.0 Å². The van der Waals surface area contributed by atoms with Crippen molar-refractivity contribution in [3.8, 4) is 28.7 Å². The summed E-state index contributed by atoms with van der Waals surface area (Å²) in [6.45, 7) is 0. The standard InChI is InChI=1S/C29H24F3N7O2/c1-41-28-23(24(16-6-7-16)33-14-34-28)26-35-20(19-10-11-22(40)37-25(19)38-26)12-15-2-4-17(5-3-15)27-36-21(29(30,31)32)13-39(27)18-8-9-18/h2-5,10,13-14,16,18H,6-9,11-12H2,1H3. The summed E-state index contributed by atoms with van der Waals surface area (Å²) in [6, 6.07) is 7.32. The summed E-state index contributed by atoms with van der Waals surface area (Å²) in [6.07, 6.45) is 4.05. The molecule has 0 N–H and O–H groups in total. The Labute approximate surface area is 231 Å². The number of methoxy groups -OCH3 is 1. The molecular weight excluding hydrogens is 535 g/mol. The Morgan fingerprint density at radius 3 is 2.49 bits per heavy atom. The molecule has 7 rings (SSSR count). The fourth-order valence-corrected chi connectivity index (χ4v) is 5.15. The number of aromatic nitrogens is 6. The molecule has 1 aromatic carbocycles. The molecule has 0 radical (unpaired) electrons. The lowest BCUT2D eigenvalue weighted by Crippen LogP contribution is -2.37. The molecule has 4 aromatic rings. The topological polar surface area (TPSA) is 108 Å². The van der Waals surface area contributed by atoms with Gasteiger partial charge in [0.2, 0.25) is 5.88 Å². The summed E-state index contributed by atoms with van der Waals surface area (Å²) in [5.74, 6) is 0.979. The number of imidazole rings is 1. The molecule has 41 heavy (non-hydrogen) atoms. The van der Waals surface area contributed by atoms with Gasteiger partial charge in [-0.05, 0) is 31.2 Å². The van der Waals surface area contributed by atoms with E-state index < -0.39 is 11.9 Å². The molecule has 3 aliphatic rings. The van der Waals surface area contributed by atoms with Crippen LogP contribution in [0.1, 0.15) is 66.7 Å². The third-order valence-electron chi connectivity index (χ3n) is 7.49. The second-order valence-electron chi connectivity index (χ2n) is 10.5. The second kappa shape index (κ2) is 9.57. The Kier molecular flexibility index (Phi) is 5.95. The van der Waals surface area contributed by atoms with E-state index in [1.165, 1.54) is 13.4 Å². The molecule has 9 nitrogen and oxygen atoms in total. The van der Waals surface area contributed by atoms with Gasteiger partial charge in [-0.15, -0.1) is 0 Å². The highest BCUT2D eigenvalue weighted by Gasteiger charge is 2.37. The molecule has 3 aromatic heterocycles. The van der Waals surface area contributed by atoms with Gasteiger partial charge in [0.15, 0.2) is 17.0 Å². The molecule has 1 amide bonds. The quantitative estimate of drug-likeness (QED) is 0.337. The van der Waals surface area contributed by atoms with Crippen LogP contribution in [0.15, 0.2) is 41.8 Å². The monoisotopic (exact) mass is 559 g/mol. The Balaban J connectivity index is 1.28. The minimum Gasteiger partial charge on any atom is -0.480 e. The van der Waals surface area contributed by atoms with Gasteiger partial charge in [0.1, 0.15) is 17.7 Å². The number of carbonyl (C=O) groups is 1. The van der Waals surface area contributed by atoms with Crippen LogP contribution in [0.3, 0.4) is 0 Å². The van der Waals surface area contributed by atoms with Gasteiger partial charge >= 0.3 is 6.18 Å². The van der Waals surface area contributed by atoms with Gasteiger partial charge in [-0.2, -0.15) is 18.2 Å². The van der Waals surface area contributed by atoms with Crippen LogP contribution in [-0.2, 0) is 17.4 Å². The summed E-state index contributed by atoms with van der Waals surface area (Å²) in [7, 11) is 1.53. The van der Waals surface area contributed by atoms with E-state index in [-0.39, 0.29) is 29.8 Å². The van der Waals surface area contributed by atoms with Gasteiger partial charge in [0.25, 0.3) is 5.91 Å². The molecule has 1 aliphatic heterocycles. The summed E-state index contributed by atoms with van der Waals surface area (Å²) in [5.41, 5.74) is 2.96. The lowest BCUT2D eigenvalue weighted by Gasteiger charge is -2.13. The maximum Gasteiger partial charge on any atom is 0.434 e. The van der Waals surface area contributed by atoms with Crippen molar-refractivity contribution in [2.45, 2.75) is 56.7 Å². The first kappa shape index (κ1) is 25.5. The van der Waals surface area contributed by atoms with Gasteiger partial charge in [-0.3, -0.25) is 4.79 Å². The molecule has 2 fully saturated rings. The van der Waals surface area contributed by atoms with Crippen LogP contribution >= 0.6 is 0 Å². The summed E-state index contributed by atoms with van der Waals surface area (Å²) in [5, 5.41) is 0.681. The zero-order valence-corrected chi connectivity index (χ0v) is 22.0. The predicted molar refractivity (Wildman–Crippen MR) is 140 cm³/mol. The van der Waals surface area contributed by atoms with E-state index in [0.29, 0.717) is 46.0 Å². The van der Waals surface area contributed by atoms with E-state index in [2.05, 4.69) is 24.9 Å². The number of alkyl halides is 3. The van der Waals surface area contributed by atoms with Crippen molar-refractivity contribution in [2.24, 2.45) is 4.99 Å². The number of benzene rings is 1. The number of carbonyl (C=O) groups excluding carboxylic acids is 1. The first-order valence-electron chi connectivity index (χ1n) is 13.4.